The van der Waals surface area contributed by atoms with Gasteiger partial charge in [-0.3, -0.25) is 5.43 Å². The van der Waals surface area contributed by atoms with Gasteiger partial charge in [-0.05, 0) is 79.8 Å². The summed E-state index contributed by atoms with van der Waals surface area (Å²) < 4.78 is 11.8. The molecule has 0 aliphatic heterocycles. The summed E-state index contributed by atoms with van der Waals surface area (Å²) in [6.07, 6.45) is 1.50. The monoisotopic (exact) mass is 629 g/mol. The highest BCUT2D eigenvalue weighted by atomic mass is 127. The van der Waals surface area contributed by atoms with Crippen molar-refractivity contribution in [2.75, 3.05) is 17.9 Å². The van der Waals surface area contributed by atoms with Gasteiger partial charge in [-0.15, -0.1) is 0 Å². The summed E-state index contributed by atoms with van der Waals surface area (Å²) in [5.41, 5.74) is 4.55. The quantitative estimate of drug-likeness (QED) is 0.164. The van der Waals surface area contributed by atoms with Crippen LogP contribution in [0.4, 0.5) is 17.3 Å². The molecular weight excluding hydrogens is 616 g/mol. The number of anilines is 3. The Morgan fingerprint density at radius 2 is 1.83 bits per heavy atom. The number of hydrogen-bond acceptors (Lipinski definition) is 10. The van der Waals surface area contributed by atoms with Crippen LogP contribution in [0.2, 0.25) is 0 Å². The number of aromatic nitrogens is 4. The molecule has 3 N–H and O–H groups in total. The average Bonchev–Trinajstić information content (AvgIpc) is 3.19. The van der Waals surface area contributed by atoms with E-state index in [1.54, 1.807) is 7.11 Å². The Labute approximate surface area is 197 Å². The van der Waals surface area contributed by atoms with Gasteiger partial charge in [0, 0.05) is 9.13 Å². The summed E-state index contributed by atoms with van der Waals surface area (Å²) in [5.74, 6) is 1.42. The number of phenolic OH excluding ortho intramolecular Hbond substituents is 1. The Balaban J connectivity index is 1.67. The van der Waals surface area contributed by atoms with E-state index in [0.717, 1.165) is 7.14 Å². The van der Waals surface area contributed by atoms with Crippen molar-refractivity contribution < 1.29 is 14.5 Å². The lowest BCUT2D eigenvalue weighted by Crippen LogP contribution is -2.04. The fourth-order valence-electron chi connectivity index (χ4n) is 2.53. The van der Waals surface area contributed by atoms with E-state index < -0.39 is 0 Å². The molecule has 2 aromatic heterocycles. The number of nitrogens with zero attached hydrogens (tertiary/aromatic N) is 5. The van der Waals surface area contributed by atoms with Gasteiger partial charge in [-0.2, -0.15) is 10.1 Å². The molecule has 10 nitrogen and oxygen atoms in total. The highest BCUT2D eigenvalue weighted by Crippen LogP contribution is 2.30. The van der Waals surface area contributed by atoms with Gasteiger partial charge in [0.15, 0.2) is 11.6 Å². The molecule has 0 saturated carbocycles. The second kappa shape index (κ2) is 8.95. The lowest BCUT2D eigenvalue weighted by Gasteiger charge is -2.12. The predicted molar refractivity (Wildman–Crippen MR) is 128 cm³/mol. The summed E-state index contributed by atoms with van der Waals surface area (Å²) in [6, 6.07) is 11.1. The Kier molecular flexibility index (Phi) is 6.12. The van der Waals surface area contributed by atoms with Crippen molar-refractivity contribution in [3.63, 3.8) is 0 Å². The molecule has 152 valence electrons. The molecule has 0 unspecified atom stereocenters. The molecule has 0 spiro atoms. The van der Waals surface area contributed by atoms with Crippen LogP contribution < -0.4 is 15.5 Å². The van der Waals surface area contributed by atoms with Crippen molar-refractivity contribution in [1.82, 2.24) is 20.3 Å². The number of nitrogens with one attached hydrogen (secondary N) is 2. The van der Waals surface area contributed by atoms with E-state index in [-0.39, 0.29) is 17.0 Å². The molecule has 30 heavy (non-hydrogen) atoms. The third-order valence-electron chi connectivity index (χ3n) is 3.91. The maximum Gasteiger partial charge on any atom is 0.245 e. The number of benzene rings is 2. The average molecular weight is 629 g/mol. The van der Waals surface area contributed by atoms with Crippen molar-refractivity contribution in [2.24, 2.45) is 5.10 Å². The third kappa shape index (κ3) is 4.38. The fraction of sp³-hybridized carbons (Fsp3) is 0.0556. The molecule has 2 aromatic carbocycles. The number of hydrazone groups is 1. The summed E-state index contributed by atoms with van der Waals surface area (Å²) in [6.45, 7) is 0. The molecule has 0 bridgehead atoms. The van der Waals surface area contributed by atoms with Gasteiger partial charge >= 0.3 is 0 Å². The van der Waals surface area contributed by atoms with Crippen LogP contribution in [0, 0.1) is 7.14 Å². The van der Waals surface area contributed by atoms with Gasteiger partial charge in [-0.25, -0.2) is 9.61 Å². The van der Waals surface area contributed by atoms with E-state index in [1.807, 2.05) is 36.4 Å². The van der Waals surface area contributed by atoms with Gasteiger partial charge < -0.3 is 15.2 Å². The molecule has 4 rings (SSSR count). The SMILES string of the molecule is COc1ccccc1Nc1nc2nonc2nc1NN=Cc1cc(I)cc(I)c1O. The van der Waals surface area contributed by atoms with Crippen LogP contribution in [-0.4, -0.2) is 38.7 Å². The van der Waals surface area contributed by atoms with Crippen molar-refractivity contribution >= 4 is 80.0 Å². The molecule has 4 aromatic rings. The molecule has 0 radical (unpaired) electrons. The van der Waals surface area contributed by atoms with Crippen LogP contribution in [0.3, 0.4) is 0 Å². The van der Waals surface area contributed by atoms with Crippen molar-refractivity contribution in [3.8, 4) is 11.5 Å². The van der Waals surface area contributed by atoms with E-state index in [0.29, 0.717) is 28.6 Å². The molecule has 2 heterocycles. The Bertz CT molecular complexity index is 1250. The van der Waals surface area contributed by atoms with Gasteiger partial charge in [-0.1, -0.05) is 12.1 Å². The first-order valence-corrected chi connectivity index (χ1v) is 10.6. The summed E-state index contributed by atoms with van der Waals surface area (Å²) in [7, 11) is 1.58. The fourth-order valence-corrected chi connectivity index (χ4v) is 4.42. The summed E-state index contributed by atoms with van der Waals surface area (Å²) in [5, 5.41) is 25.0. The van der Waals surface area contributed by atoms with Gasteiger partial charge in [0.2, 0.25) is 11.3 Å². The topological polar surface area (TPSA) is 131 Å². The van der Waals surface area contributed by atoms with Crippen LogP contribution in [0.5, 0.6) is 11.5 Å². The number of ether oxygens (including phenoxy) is 1. The van der Waals surface area contributed by atoms with E-state index in [9.17, 15) is 5.11 Å². The molecular formula is C18H13I2N7O3. The van der Waals surface area contributed by atoms with Gasteiger partial charge in [0.05, 0.1) is 22.6 Å². The maximum absolute atomic E-state index is 10.2. The number of fused-ring (bicyclic) bond motifs is 1. The molecule has 0 aliphatic carbocycles. The maximum atomic E-state index is 10.2. The number of hydrogen-bond donors (Lipinski definition) is 3. The third-order valence-corrected chi connectivity index (χ3v) is 5.35. The van der Waals surface area contributed by atoms with Crippen LogP contribution in [0.1, 0.15) is 5.56 Å². The predicted octanol–water partition coefficient (Wildman–Crippen LogP) is 4.13. The lowest BCUT2D eigenvalue weighted by atomic mass is 10.2. The van der Waals surface area contributed by atoms with Gasteiger partial charge in [0.1, 0.15) is 11.5 Å². The summed E-state index contributed by atoms with van der Waals surface area (Å²) in [4.78, 5) is 8.74. The van der Waals surface area contributed by atoms with Crippen LogP contribution in [0.15, 0.2) is 46.1 Å². The standard InChI is InChI=1S/C18H13I2N7O3/c1-29-13-5-3-2-4-12(13)22-15-16(24-18-17(23-15)26-30-27-18)25-21-8-9-6-10(19)7-11(20)14(9)28/h2-8,28H,1H3,(H,22,23,26)(H,24,25,27). The molecule has 0 amide bonds. The van der Waals surface area contributed by atoms with E-state index in [2.05, 4.69) is 81.3 Å². The van der Waals surface area contributed by atoms with Crippen LogP contribution in [-0.2, 0) is 0 Å². The van der Waals surface area contributed by atoms with E-state index in [4.69, 9.17) is 9.37 Å². The largest absolute Gasteiger partial charge is 0.506 e. The lowest BCUT2D eigenvalue weighted by molar-refractivity contribution is 0.314. The zero-order valence-corrected chi connectivity index (χ0v) is 19.6. The highest BCUT2D eigenvalue weighted by molar-refractivity contribution is 14.1. The zero-order chi connectivity index (χ0) is 21.1. The van der Waals surface area contributed by atoms with E-state index >= 15 is 0 Å². The van der Waals surface area contributed by atoms with Crippen molar-refractivity contribution in [1.29, 1.82) is 0 Å². The van der Waals surface area contributed by atoms with E-state index in [1.165, 1.54) is 6.21 Å². The number of rotatable bonds is 6. The second-order valence-corrected chi connectivity index (χ2v) is 8.26. The van der Waals surface area contributed by atoms with Crippen molar-refractivity contribution in [2.45, 2.75) is 0 Å². The normalized spacial score (nSPS) is 11.2. The summed E-state index contributed by atoms with van der Waals surface area (Å²) >= 11 is 4.24. The number of para-hydroxylation sites is 2. The molecule has 0 aliphatic rings. The number of aromatic hydroxyl groups is 1. The van der Waals surface area contributed by atoms with Gasteiger partial charge in [0.25, 0.3) is 0 Å². The minimum atomic E-state index is 0.149. The van der Waals surface area contributed by atoms with Crippen molar-refractivity contribution in [3.05, 3.63) is 49.1 Å². The zero-order valence-electron chi connectivity index (χ0n) is 15.3. The Morgan fingerprint density at radius 1 is 1.10 bits per heavy atom. The Morgan fingerprint density at radius 3 is 2.60 bits per heavy atom. The van der Waals surface area contributed by atoms with Crippen LogP contribution >= 0.6 is 45.2 Å². The molecule has 0 fully saturated rings. The number of methoxy groups -OCH3 is 1. The molecule has 0 atom stereocenters. The minimum Gasteiger partial charge on any atom is -0.506 e. The Hall–Kier alpha value is -2.75. The highest BCUT2D eigenvalue weighted by Gasteiger charge is 2.14. The first-order valence-electron chi connectivity index (χ1n) is 8.42. The smallest absolute Gasteiger partial charge is 0.245 e. The number of phenols is 1. The first-order chi connectivity index (χ1) is 14.5. The van der Waals surface area contributed by atoms with Crippen LogP contribution in [0.25, 0.3) is 11.3 Å². The second-order valence-electron chi connectivity index (χ2n) is 5.85. The molecule has 12 heteroatoms. The number of halogens is 2. The first kappa shape index (κ1) is 20.5. The molecule has 0 saturated heterocycles. The minimum absolute atomic E-state index is 0.149.